The van der Waals surface area contributed by atoms with Crippen molar-refractivity contribution in [1.29, 1.82) is 0 Å². The van der Waals surface area contributed by atoms with Gasteiger partial charge >= 0.3 is 0 Å². The number of benzene rings is 3. The van der Waals surface area contributed by atoms with Gasteiger partial charge in [-0.1, -0.05) is 47.5 Å². The maximum atomic E-state index is 13.4. The lowest BCUT2D eigenvalue weighted by molar-refractivity contribution is -0.140. The fourth-order valence-corrected chi connectivity index (χ4v) is 4.95. The zero-order valence-electron chi connectivity index (χ0n) is 20.5. The molecule has 1 aliphatic heterocycles. The average Bonchev–Trinajstić information content (AvgIpc) is 3.14. The van der Waals surface area contributed by atoms with Crippen molar-refractivity contribution in [2.75, 3.05) is 20.8 Å². The van der Waals surface area contributed by atoms with Crippen LogP contribution in [0.25, 0.3) is 5.76 Å². The third kappa shape index (κ3) is 5.24. The number of carbonyl (C=O) groups is 2. The number of hydrogen-bond acceptors (Lipinski definition) is 6. The molecule has 0 saturated carbocycles. The summed E-state index contributed by atoms with van der Waals surface area (Å²) in [7, 11) is 2.99. The van der Waals surface area contributed by atoms with Gasteiger partial charge in [-0.05, 0) is 54.4 Å². The second-order valence-electron chi connectivity index (χ2n) is 8.25. The van der Waals surface area contributed by atoms with Gasteiger partial charge in [0.2, 0.25) is 0 Å². The Morgan fingerprint density at radius 3 is 2.22 bits per heavy atom. The highest BCUT2D eigenvalue weighted by Crippen LogP contribution is 2.43. The Morgan fingerprint density at radius 1 is 0.946 bits per heavy atom. The zero-order valence-corrected chi connectivity index (χ0v) is 22.0. The van der Waals surface area contributed by atoms with Gasteiger partial charge in [0.05, 0.1) is 42.5 Å². The molecule has 37 heavy (non-hydrogen) atoms. The molecule has 1 fully saturated rings. The second-order valence-corrected chi connectivity index (χ2v) is 9.07. The summed E-state index contributed by atoms with van der Waals surface area (Å²) in [6, 6.07) is 16.3. The van der Waals surface area contributed by atoms with Crippen molar-refractivity contribution in [2.24, 2.45) is 0 Å². The molecule has 1 atom stereocenters. The number of amides is 1. The molecule has 1 unspecified atom stereocenters. The Bertz CT molecular complexity index is 1350. The molecule has 1 heterocycles. The highest BCUT2D eigenvalue weighted by atomic mass is 35.5. The van der Waals surface area contributed by atoms with Crippen molar-refractivity contribution in [3.05, 3.63) is 93.0 Å². The molecule has 0 bridgehead atoms. The van der Waals surface area contributed by atoms with Crippen LogP contribution in [0.1, 0.15) is 29.7 Å². The molecule has 0 aromatic heterocycles. The van der Waals surface area contributed by atoms with E-state index in [4.69, 9.17) is 37.4 Å². The van der Waals surface area contributed by atoms with Crippen molar-refractivity contribution < 1.29 is 28.9 Å². The molecule has 1 saturated heterocycles. The van der Waals surface area contributed by atoms with Gasteiger partial charge in [-0.2, -0.15) is 0 Å². The Morgan fingerprint density at radius 2 is 1.62 bits per heavy atom. The molecular formula is C28H25Cl2NO6. The minimum atomic E-state index is -0.887. The topological polar surface area (TPSA) is 85.3 Å². The van der Waals surface area contributed by atoms with E-state index in [-0.39, 0.29) is 33.5 Å². The Balaban J connectivity index is 1.87. The number of aliphatic hydroxyl groups excluding tert-OH is 1. The molecule has 3 aromatic carbocycles. The van der Waals surface area contributed by atoms with Crippen LogP contribution in [0.5, 0.6) is 17.2 Å². The lowest BCUT2D eigenvalue weighted by Gasteiger charge is -2.26. The Labute approximate surface area is 224 Å². The van der Waals surface area contributed by atoms with Gasteiger partial charge in [0.25, 0.3) is 11.7 Å². The molecule has 0 radical (unpaired) electrons. The van der Waals surface area contributed by atoms with Gasteiger partial charge in [0.1, 0.15) is 17.3 Å². The second kappa shape index (κ2) is 11.2. The Kier molecular flexibility index (Phi) is 7.95. The van der Waals surface area contributed by atoms with Crippen LogP contribution in [-0.4, -0.2) is 42.5 Å². The lowest BCUT2D eigenvalue weighted by atomic mass is 9.95. The molecule has 7 nitrogen and oxygen atoms in total. The van der Waals surface area contributed by atoms with Crippen molar-refractivity contribution in [3.8, 4) is 17.2 Å². The van der Waals surface area contributed by atoms with E-state index in [2.05, 4.69) is 0 Å². The fraction of sp³-hybridized carbons (Fsp3) is 0.214. The number of halogens is 2. The number of hydrogen-bond donors (Lipinski definition) is 1. The van der Waals surface area contributed by atoms with Crippen LogP contribution in [0, 0.1) is 0 Å². The molecule has 1 N–H and O–H groups in total. The van der Waals surface area contributed by atoms with Crippen LogP contribution in [0.3, 0.4) is 0 Å². The number of likely N-dealkylation sites (tertiary alicyclic amines) is 1. The number of carbonyl (C=O) groups excluding carboxylic acids is 2. The van der Waals surface area contributed by atoms with E-state index in [1.165, 1.54) is 24.1 Å². The van der Waals surface area contributed by atoms with E-state index in [1.54, 1.807) is 43.5 Å². The van der Waals surface area contributed by atoms with Crippen molar-refractivity contribution >= 4 is 40.7 Å². The average molecular weight is 542 g/mol. The van der Waals surface area contributed by atoms with Crippen LogP contribution < -0.4 is 14.2 Å². The van der Waals surface area contributed by atoms with Crippen LogP contribution >= 0.6 is 23.2 Å². The molecule has 1 aliphatic rings. The van der Waals surface area contributed by atoms with E-state index in [0.717, 1.165) is 5.56 Å². The number of Topliss-reactive ketones (excluding diaryl/α,β-unsaturated/α-hetero) is 1. The van der Waals surface area contributed by atoms with E-state index in [1.807, 2.05) is 19.1 Å². The molecule has 3 aromatic rings. The molecular weight excluding hydrogens is 517 g/mol. The molecule has 0 aliphatic carbocycles. The van der Waals surface area contributed by atoms with Crippen LogP contribution in [0.2, 0.25) is 10.0 Å². The van der Waals surface area contributed by atoms with E-state index in [0.29, 0.717) is 23.7 Å². The number of ketones is 1. The quantitative estimate of drug-likeness (QED) is 0.213. The standard InChI is InChI=1S/C28H25Cl2NO6/c1-4-37-20-7-5-6-17(12-20)24-23(25(32)18-13-21(29)27(36-3)22(30)14-18)26(33)28(34)31(24)15-16-8-10-19(35-2)11-9-16/h5-14,24,32H,4,15H2,1-3H3/b25-23+. The normalized spacial score (nSPS) is 16.7. The van der Waals surface area contributed by atoms with Gasteiger partial charge in [-0.25, -0.2) is 0 Å². The highest BCUT2D eigenvalue weighted by Gasteiger charge is 2.46. The predicted molar refractivity (Wildman–Crippen MR) is 141 cm³/mol. The zero-order chi connectivity index (χ0) is 26.7. The molecule has 0 spiro atoms. The van der Waals surface area contributed by atoms with E-state index < -0.39 is 23.5 Å². The first-order valence-corrected chi connectivity index (χ1v) is 12.2. The van der Waals surface area contributed by atoms with Gasteiger partial charge in [-0.15, -0.1) is 0 Å². The monoisotopic (exact) mass is 541 g/mol. The largest absolute Gasteiger partial charge is 0.507 e. The first-order valence-electron chi connectivity index (χ1n) is 11.5. The summed E-state index contributed by atoms with van der Waals surface area (Å²) in [5.74, 6) is -0.476. The predicted octanol–water partition coefficient (Wildman–Crippen LogP) is 6.03. The van der Waals surface area contributed by atoms with Gasteiger partial charge in [-0.3, -0.25) is 9.59 Å². The Hall–Kier alpha value is -3.68. The summed E-state index contributed by atoms with van der Waals surface area (Å²) in [4.78, 5) is 28.1. The summed E-state index contributed by atoms with van der Waals surface area (Å²) >= 11 is 12.6. The smallest absolute Gasteiger partial charge is 0.295 e. The van der Waals surface area contributed by atoms with E-state index >= 15 is 0 Å². The van der Waals surface area contributed by atoms with Gasteiger partial charge in [0.15, 0.2) is 5.75 Å². The van der Waals surface area contributed by atoms with Crippen LogP contribution in [0.15, 0.2) is 66.2 Å². The third-order valence-corrected chi connectivity index (χ3v) is 6.57. The van der Waals surface area contributed by atoms with Gasteiger partial charge in [0, 0.05) is 12.1 Å². The maximum absolute atomic E-state index is 13.4. The summed E-state index contributed by atoms with van der Waals surface area (Å²) in [5.41, 5.74) is 1.49. The minimum Gasteiger partial charge on any atom is -0.507 e. The molecule has 9 heteroatoms. The lowest BCUT2D eigenvalue weighted by Crippen LogP contribution is -2.29. The number of aliphatic hydroxyl groups is 1. The summed E-state index contributed by atoms with van der Waals surface area (Å²) in [6.45, 7) is 2.43. The van der Waals surface area contributed by atoms with Crippen LogP contribution in [-0.2, 0) is 16.1 Å². The number of methoxy groups -OCH3 is 2. The third-order valence-electron chi connectivity index (χ3n) is 6.01. The van der Waals surface area contributed by atoms with Crippen LogP contribution in [0.4, 0.5) is 0 Å². The first kappa shape index (κ1) is 26.4. The maximum Gasteiger partial charge on any atom is 0.295 e. The number of rotatable bonds is 8. The number of ether oxygens (including phenoxy) is 3. The van der Waals surface area contributed by atoms with Crippen molar-refractivity contribution in [1.82, 2.24) is 4.90 Å². The summed E-state index contributed by atoms with van der Waals surface area (Å²) < 4.78 is 16.1. The fourth-order valence-electron chi connectivity index (χ4n) is 4.31. The molecule has 192 valence electrons. The highest BCUT2D eigenvalue weighted by molar-refractivity contribution is 6.46. The minimum absolute atomic E-state index is 0.0792. The summed E-state index contributed by atoms with van der Waals surface area (Å²) in [5, 5.41) is 11.7. The van der Waals surface area contributed by atoms with E-state index in [9.17, 15) is 14.7 Å². The SMILES string of the molecule is CCOc1cccc(C2/C(=C(\O)c3cc(Cl)c(OC)c(Cl)c3)C(=O)C(=O)N2Cc2ccc(OC)cc2)c1. The molecule has 1 amide bonds. The van der Waals surface area contributed by atoms with Gasteiger partial charge < -0.3 is 24.2 Å². The van der Waals surface area contributed by atoms with Crippen molar-refractivity contribution in [3.63, 3.8) is 0 Å². The first-order chi connectivity index (χ1) is 17.8. The number of nitrogens with zero attached hydrogens (tertiary/aromatic N) is 1. The summed E-state index contributed by atoms with van der Waals surface area (Å²) in [6.07, 6.45) is 0. The molecule has 4 rings (SSSR count). The van der Waals surface area contributed by atoms with Crippen molar-refractivity contribution in [2.45, 2.75) is 19.5 Å².